The number of benzene rings is 1. The van der Waals surface area contributed by atoms with Gasteiger partial charge in [0.05, 0.1) is 0 Å². The van der Waals surface area contributed by atoms with Crippen LogP contribution in [0.5, 0.6) is 0 Å². The molecule has 1 spiro atoms. The zero-order valence-corrected chi connectivity index (χ0v) is 10.7. The average Bonchev–Trinajstić information content (AvgIpc) is 2.79. The van der Waals surface area contributed by atoms with Crippen LogP contribution in [0.15, 0.2) is 23.2 Å². The number of hydrogen-bond donors (Lipinski definition) is 0. The van der Waals surface area contributed by atoms with E-state index in [0.29, 0.717) is 16.4 Å². The molecule has 3 unspecified atom stereocenters. The molecule has 0 bridgehead atoms. The Morgan fingerprint density at radius 3 is 2.94 bits per heavy atom. The number of para-hydroxylation sites is 1. The summed E-state index contributed by atoms with van der Waals surface area (Å²) in [7, 11) is 0. The molecule has 1 aromatic carbocycles. The van der Waals surface area contributed by atoms with E-state index in [9.17, 15) is 4.39 Å². The van der Waals surface area contributed by atoms with Gasteiger partial charge in [-0.3, -0.25) is 4.99 Å². The van der Waals surface area contributed by atoms with Crippen molar-refractivity contribution in [1.29, 1.82) is 0 Å². The van der Waals surface area contributed by atoms with Gasteiger partial charge in [0.15, 0.2) is 0 Å². The van der Waals surface area contributed by atoms with Crippen LogP contribution in [0.3, 0.4) is 0 Å². The Balaban J connectivity index is 2.22. The van der Waals surface area contributed by atoms with E-state index in [2.05, 4.69) is 27.8 Å². The molecular formula is C13H13BrFN. The predicted molar refractivity (Wildman–Crippen MR) is 67.3 cm³/mol. The van der Waals surface area contributed by atoms with Crippen LogP contribution in [0.2, 0.25) is 0 Å². The van der Waals surface area contributed by atoms with Crippen LogP contribution in [0.4, 0.5) is 10.1 Å². The molecule has 0 N–H and O–H groups in total. The van der Waals surface area contributed by atoms with Gasteiger partial charge in [0.2, 0.25) is 0 Å². The zero-order chi connectivity index (χ0) is 11.3. The van der Waals surface area contributed by atoms with Gasteiger partial charge in [-0.2, -0.15) is 0 Å². The zero-order valence-electron chi connectivity index (χ0n) is 9.08. The summed E-state index contributed by atoms with van der Waals surface area (Å²) in [5.74, 6) is 0.313. The molecule has 1 saturated carbocycles. The molecule has 1 heterocycles. The van der Waals surface area contributed by atoms with Crippen molar-refractivity contribution in [3.63, 3.8) is 0 Å². The van der Waals surface area contributed by atoms with Crippen molar-refractivity contribution in [2.45, 2.75) is 30.0 Å². The smallest absolute Gasteiger partial charge is 0.149 e. The van der Waals surface area contributed by atoms with Gasteiger partial charge in [0.25, 0.3) is 0 Å². The minimum Gasteiger partial charge on any atom is -0.257 e. The molecule has 3 rings (SSSR count). The second-order valence-corrected chi connectivity index (χ2v) is 5.88. The number of fused-ring (bicyclic) bond motifs is 2. The number of alkyl halides is 1. The first kappa shape index (κ1) is 10.5. The lowest BCUT2D eigenvalue weighted by molar-refractivity contribution is 0.472. The molecule has 2 aliphatic rings. The summed E-state index contributed by atoms with van der Waals surface area (Å²) < 4.78 is 13.7. The van der Waals surface area contributed by atoms with Gasteiger partial charge in [-0.1, -0.05) is 35.0 Å². The van der Waals surface area contributed by atoms with Crippen LogP contribution in [0, 0.1) is 11.7 Å². The van der Waals surface area contributed by atoms with Crippen LogP contribution in [-0.4, -0.2) is 11.0 Å². The Kier molecular flexibility index (Phi) is 2.22. The van der Waals surface area contributed by atoms with Crippen LogP contribution >= 0.6 is 15.9 Å². The van der Waals surface area contributed by atoms with E-state index < -0.39 is 0 Å². The molecule has 3 heteroatoms. The second-order valence-electron chi connectivity index (χ2n) is 4.77. The maximum atomic E-state index is 13.7. The SMILES string of the molecule is CC1CCC(Br)C12C=Nc1c(F)cccc12. The lowest BCUT2D eigenvalue weighted by Gasteiger charge is -2.30. The summed E-state index contributed by atoms with van der Waals surface area (Å²) in [4.78, 5) is 4.68. The van der Waals surface area contributed by atoms with Crippen molar-refractivity contribution in [2.75, 3.05) is 0 Å². The molecule has 16 heavy (non-hydrogen) atoms. The molecule has 0 aromatic heterocycles. The summed E-state index contributed by atoms with van der Waals surface area (Å²) in [5, 5.41) is 0. The highest BCUT2D eigenvalue weighted by molar-refractivity contribution is 9.09. The Labute approximate surface area is 103 Å². The Morgan fingerprint density at radius 1 is 1.44 bits per heavy atom. The van der Waals surface area contributed by atoms with Gasteiger partial charge >= 0.3 is 0 Å². The lowest BCUT2D eigenvalue weighted by atomic mass is 9.75. The maximum Gasteiger partial charge on any atom is 0.149 e. The average molecular weight is 282 g/mol. The monoisotopic (exact) mass is 281 g/mol. The van der Waals surface area contributed by atoms with E-state index in [1.165, 1.54) is 6.07 Å². The first-order valence-corrected chi connectivity index (χ1v) is 6.56. The number of nitrogens with zero attached hydrogens (tertiary/aromatic N) is 1. The molecule has 1 nitrogen and oxygen atoms in total. The Bertz CT molecular complexity index is 459. The van der Waals surface area contributed by atoms with E-state index in [4.69, 9.17) is 0 Å². The highest BCUT2D eigenvalue weighted by atomic mass is 79.9. The number of aliphatic imine (C=N–C) groups is 1. The molecule has 0 radical (unpaired) electrons. The quantitative estimate of drug-likeness (QED) is 0.638. The highest BCUT2D eigenvalue weighted by Crippen LogP contribution is 2.53. The molecule has 0 amide bonds. The van der Waals surface area contributed by atoms with E-state index in [-0.39, 0.29) is 11.2 Å². The topological polar surface area (TPSA) is 12.4 Å². The fourth-order valence-corrected chi connectivity index (χ4v) is 4.14. The molecule has 84 valence electrons. The maximum absolute atomic E-state index is 13.7. The van der Waals surface area contributed by atoms with Crippen molar-refractivity contribution >= 4 is 27.8 Å². The minimum absolute atomic E-state index is 0.0859. The van der Waals surface area contributed by atoms with Crippen LogP contribution < -0.4 is 0 Å². The van der Waals surface area contributed by atoms with Crippen LogP contribution in [-0.2, 0) is 5.41 Å². The standard InChI is InChI=1S/C13H13BrFN/c1-8-5-6-11(14)13(8)7-16-12-9(13)3-2-4-10(12)15/h2-4,7-8,11H,5-6H2,1H3. The first-order valence-electron chi connectivity index (χ1n) is 5.64. The predicted octanol–water partition coefficient (Wildman–Crippen LogP) is 3.97. The van der Waals surface area contributed by atoms with Gasteiger partial charge in [0, 0.05) is 16.5 Å². The minimum atomic E-state index is -0.204. The van der Waals surface area contributed by atoms with Gasteiger partial charge < -0.3 is 0 Å². The van der Waals surface area contributed by atoms with Gasteiger partial charge in [0.1, 0.15) is 11.5 Å². The third kappa shape index (κ3) is 1.12. The second kappa shape index (κ2) is 3.39. The van der Waals surface area contributed by atoms with Crippen LogP contribution in [0.25, 0.3) is 0 Å². The molecule has 1 aliphatic carbocycles. The summed E-state index contributed by atoms with van der Waals surface area (Å²) >= 11 is 3.74. The number of hydrogen-bond acceptors (Lipinski definition) is 1. The molecule has 0 saturated heterocycles. The molecular weight excluding hydrogens is 269 g/mol. The third-order valence-electron chi connectivity index (χ3n) is 4.05. The number of rotatable bonds is 0. The van der Waals surface area contributed by atoms with Crippen molar-refractivity contribution in [3.8, 4) is 0 Å². The normalized spacial score (nSPS) is 35.9. The van der Waals surface area contributed by atoms with Crippen LogP contribution in [0.1, 0.15) is 25.3 Å². The van der Waals surface area contributed by atoms with Crippen molar-refractivity contribution < 1.29 is 4.39 Å². The highest BCUT2D eigenvalue weighted by Gasteiger charge is 2.50. The van der Waals surface area contributed by atoms with Gasteiger partial charge in [-0.15, -0.1) is 0 Å². The summed E-state index contributed by atoms with van der Waals surface area (Å²) in [5.41, 5.74) is 1.51. The van der Waals surface area contributed by atoms with E-state index in [1.807, 2.05) is 12.3 Å². The fourth-order valence-electron chi connectivity index (χ4n) is 3.06. The molecule has 1 aromatic rings. The molecule has 1 fully saturated rings. The van der Waals surface area contributed by atoms with Crippen molar-refractivity contribution in [2.24, 2.45) is 10.9 Å². The molecule has 1 aliphatic heterocycles. The van der Waals surface area contributed by atoms with Gasteiger partial charge in [-0.25, -0.2) is 4.39 Å². The van der Waals surface area contributed by atoms with Crippen molar-refractivity contribution in [1.82, 2.24) is 0 Å². The summed E-state index contributed by atoms with van der Waals surface area (Å²) in [6, 6.07) is 5.29. The Hall–Kier alpha value is -0.700. The fraction of sp³-hybridized carbons (Fsp3) is 0.462. The first-order chi connectivity index (χ1) is 7.66. The molecule has 3 atom stereocenters. The summed E-state index contributed by atoms with van der Waals surface area (Å²) in [6.07, 6.45) is 4.25. The largest absolute Gasteiger partial charge is 0.257 e. The van der Waals surface area contributed by atoms with E-state index >= 15 is 0 Å². The summed E-state index contributed by atoms with van der Waals surface area (Å²) in [6.45, 7) is 2.23. The lowest BCUT2D eigenvalue weighted by Crippen LogP contribution is -2.36. The third-order valence-corrected chi connectivity index (χ3v) is 5.26. The Morgan fingerprint density at radius 2 is 2.25 bits per heavy atom. The van der Waals surface area contributed by atoms with E-state index in [1.54, 1.807) is 6.07 Å². The van der Waals surface area contributed by atoms with Gasteiger partial charge in [-0.05, 0) is 30.4 Å². The number of halogens is 2. The van der Waals surface area contributed by atoms with E-state index in [0.717, 1.165) is 18.4 Å². The van der Waals surface area contributed by atoms with Crippen molar-refractivity contribution in [3.05, 3.63) is 29.6 Å².